The quantitative estimate of drug-likeness (QED) is 0.681. The van der Waals surface area contributed by atoms with E-state index in [1.54, 1.807) is 13.3 Å². The van der Waals surface area contributed by atoms with Crippen LogP contribution in [0.15, 0.2) is 30.5 Å². The maximum absolute atomic E-state index is 5.92. The molecule has 0 saturated heterocycles. The van der Waals surface area contributed by atoms with Crippen molar-refractivity contribution in [2.24, 2.45) is 7.05 Å². The summed E-state index contributed by atoms with van der Waals surface area (Å²) in [7, 11) is 3.60. The van der Waals surface area contributed by atoms with Crippen molar-refractivity contribution in [3.05, 3.63) is 42.0 Å². The molecule has 0 bridgehead atoms. The van der Waals surface area contributed by atoms with Crippen LogP contribution in [0.2, 0.25) is 0 Å². The van der Waals surface area contributed by atoms with E-state index < -0.39 is 0 Å². The van der Waals surface area contributed by atoms with Gasteiger partial charge in [-0.3, -0.25) is 4.68 Å². The Hall–Kier alpha value is -2.01. The Kier molecular flexibility index (Phi) is 3.84. The molecule has 0 saturated carbocycles. The number of aryl methyl sites for hydroxylation is 2. The van der Waals surface area contributed by atoms with Crippen LogP contribution >= 0.6 is 11.6 Å². The Morgan fingerprint density at radius 1 is 1.29 bits per heavy atom. The summed E-state index contributed by atoms with van der Waals surface area (Å²) in [5.74, 6) is 2.29. The van der Waals surface area contributed by atoms with Crippen molar-refractivity contribution in [3.63, 3.8) is 0 Å². The van der Waals surface area contributed by atoms with Gasteiger partial charge in [-0.1, -0.05) is 6.07 Å². The fraction of sp³-hybridized carbons (Fsp3) is 0.333. The molecule has 3 rings (SSSR count). The van der Waals surface area contributed by atoms with Gasteiger partial charge in [0.05, 0.1) is 24.9 Å². The summed E-state index contributed by atoms with van der Waals surface area (Å²) in [6.45, 7) is 0.715. The van der Waals surface area contributed by atoms with Gasteiger partial charge in [0.25, 0.3) is 0 Å². The Morgan fingerprint density at radius 3 is 2.81 bits per heavy atom. The molecule has 3 aromatic rings. The van der Waals surface area contributed by atoms with Gasteiger partial charge in [-0.15, -0.1) is 11.6 Å². The molecule has 0 aliphatic rings. The molecule has 2 heterocycles. The van der Waals surface area contributed by atoms with Gasteiger partial charge in [0.2, 0.25) is 0 Å². The minimum Gasteiger partial charge on any atom is -0.494 e. The molecule has 0 amide bonds. The number of rotatable bonds is 5. The van der Waals surface area contributed by atoms with E-state index in [1.807, 2.05) is 29.9 Å². The van der Waals surface area contributed by atoms with E-state index in [1.165, 1.54) is 0 Å². The second-order valence-corrected chi connectivity index (χ2v) is 5.21. The molecule has 0 N–H and O–H groups in total. The summed E-state index contributed by atoms with van der Waals surface area (Å²) in [5, 5.41) is 4.22. The highest BCUT2D eigenvalue weighted by molar-refractivity contribution is 6.17. The zero-order valence-electron chi connectivity index (χ0n) is 12.1. The maximum Gasteiger partial charge on any atom is 0.146 e. The number of alkyl halides is 1. The highest BCUT2D eigenvalue weighted by Gasteiger charge is 2.14. The third kappa shape index (κ3) is 2.49. The number of aromatic nitrogens is 4. The van der Waals surface area contributed by atoms with Crippen LogP contribution in [0.4, 0.5) is 0 Å². The number of nitrogens with zero attached hydrogens (tertiary/aromatic N) is 4. The fourth-order valence-corrected chi connectivity index (χ4v) is 2.67. The predicted octanol–water partition coefficient (Wildman–Crippen LogP) is 2.61. The molecule has 0 atom stereocenters. The van der Waals surface area contributed by atoms with Gasteiger partial charge in [-0.25, -0.2) is 4.98 Å². The minimum atomic E-state index is 0.539. The lowest BCUT2D eigenvalue weighted by Crippen LogP contribution is -2.09. The van der Waals surface area contributed by atoms with Crippen molar-refractivity contribution in [1.82, 2.24) is 19.3 Å². The molecule has 0 spiro atoms. The predicted molar refractivity (Wildman–Crippen MR) is 83.0 cm³/mol. The summed E-state index contributed by atoms with van der Waals surface area (Å²) in [4.78, 5) is 4.71. The Bertz CT molecular complexity index is 762. The topological polar surface area (TPSA) is 44.9 Å². The van der Waals surface area contributed by atoms with E-state index in [0.29, 0.717) is 12.4 Å². The highest BCUT2D eigenvalue weighted by Crippen LogP contribution is 2.26. The van der Waals surface area contributed by atoms with Crippen LogP contribution in [-0.4, -0.2) is 32.3 Å². The first kappa shape index (κ1) is 13.9. The van der Waals surface area contributed by atoms with E-state index in [9.17, 15) is 0 Å². The van der Waals surface area contributed by atoms with Crippen LogP contribution in [0.3, 0.4) is 0 Å². The summed E-state index contributed by atoms with van der Waals surface area (Å²) in [6.07, 6.45) is 2.52. The number of ether oxygens (including phenoxy) is 1. The lowest BCUT2D eigenvalue weighted by atomic mass is 10.3. The monoisotopic (exact) mass is 304 g/mol. The van der Waals surface area contributed by atoms with Crippen molar-refractivity contribution in [3.8, 4) is 5.75 Å². The van der Waals surface area contributed by atoms with Crippen molar-refractivity contribution in [2.45, 2.75) is 13.0 Å². The number of imidazole rings is 1. The molecular formula is C15H17ClN4O. The standard InChI is InChI=1S/C15H17ClN4O/c1-19-11(7-9-17-19)10-20-12-4-3-5-13(21-2)15(12)18-14(20)6-8-16/h3-5,7,9H,6,8,10H2,1-2H3. The van der Waals surface area contributed by atoms with Gasteiger partial charge in [0.1, 0.15) is 17.1 Å². The lowest BCUT2D eigenvalue weighted by molar-refractivity contribution is 0.419. The molecule has 110 valence electrons. The van der Waals surface area contributed by atoms with E-state index in [-0.39, 0.29) is 0 Å². The van der Waals surface area contributed by atoms with Gasteiger partial charge in [-0.05, 0) is 18.2 Å². The summed E-state index contributed by atoms with van der Waals surface area (Å²) >= 11 is 5.92. The maximum atomic E-state index is 5.92. The molecule has 0 radical (unpaired) electrons. The molecule has 1 aromatic carbocycles. The van der Waals surface area contributed by atoms with E-state index >= 15 is 0 Å². The van der Waals surface area contributed by atoms with E-state index in [0.717, 1.165) is 34.7 Å². The average molecular weight is 305 g/mol. The van der Waals surface area contributed by atoms with Gasteiger partial charge >= 0.3 is 0 Å². The number of halogens is 1. The second-order valence-electron chi connectivity index (χ2n) is 4.83. The Labute approximate surface area is 128 Å². The van der Waals surface area contributed by atoms with Crippen LogP contribution in [-0.2, 0) is 20.0 Å². The molecule has 0 aliphatic carbocycles. The van der Waals surface area contributed by atoms with Crippen LogP contribution in [0, 0.1) is 0 Å². The molecule has 0 aliphatic heterocycles. The van der Waals surface area contributed by atoms with Crippen molar-refractivity contribution in [2.75, 3.05) is 13.0 Å². The average Bonchev–Trinajstić information content (AvgIpc) is 3.05. The zero-order valence-corrected chi connectivity index (χ0v) is 12.8. The molecule has 2 aromatic heterocycles. The van der Waals surface area contributed by atoms with Gasteiger partial charge in [-0.2, -0.15) is 5.10 Å². The number of fused-ring (bicyclic) bond motifs is 1. The summed E-state index contributed by atoms with van der Waals surface area (Å²) in [6, 6.07) is 7.97. The smallest absolute Gasteiger partial charge is 0.146 e. The molecular weight excluding hydrogens is 288 g/mol. The number of benzene rings is 1. The van der Waals surface area contributed by atoms with E-state index in [4.69, 9.17) is 21.3 Å². The fourth-order valence-electron chi connectivity index (χ4n) is 2.50. The summed E-state index contributed by atoms with van der Waals surface area (Å²) < 4.78 is 9.46. The Morgan fingerprint density at radius 2 is 2.14 bits per heavy atom. The minimum absolute atomic E-state index is 0.539. The third-order valence-electron chi connectivity index (χ3n) is 3.60. The van der Waals surface area contributed by atoms with Gasteiger partial charge < -0.3 is 9.30 Å². The molecule has 0 unspecified atom stereocenters. The van der Waals surface area contributed by atoms with Crippen LogP contribution < -0.4 is 4.74 Å². The zero-order chi connectivity index (χ0) is 14.8. The SMILES string of the molecule is COc1cccc2c1nc(CCCl)n2Cc1ccnn1C. The van der Waals surface area contributed by atoms with E-state index in [2.05, 4.69) is 15.7 Å². The molecule has 21 heavy (non-hydrogen) atoms. The van der Waals surface area contributed by atoms with Crippen molar-refractivity contribution < 1.29 is 4.74 Å². The van der Waals surface area contributed by atoms with Gasteiger partial charge in [0, 0.05) is 25.5 Å². The number of hydrogen-bond donors (Lipinski definition) is 0. The van der Waals surface area contributed by atoms with Gasteiger partial charge in [0.15, 0.2) is 0 Å². The number of hydrogen-bond acceptors (Lipinski definition) is 3. The first-order valence-electron chi connectivity index (χ1n) is 6.79. The number of methoxy groups -OCH3 is 1. The largest absolute Gasteiger partial charge is 0.494 e. The van der Waals surface area contributed by atoms with Crippen LogP contribution in [0.1, 0.15) is 11.5 Å². The van der Waals surface area contributed by atoms with Crippen LogP contribution in [0.25, 0.3) is 11.0 Å². The third-order valence-corrected chi connectivity index (χ3v) is 3.79. The second kappa shape index (κ2) is 5.77. The first-order valence-corrected chi connectivity index (χ1v) is 7.33. The van der Waals surface area contributed by atoms with Crippen molar-refractivity contribution in [1.29, 1.82) is 0 Å². The molecule has 0 fully saturated rings. The lowest BCUT2D eigenvalue weighted by Gasteiger charge is -2.09. The van der Waals surface area contributed by atoms with Crippen LogP contribution in [0.5, 0.6) is 5.75 Å². The number of para-hydroxylation sites is 1. The summed E-state index contributed by atoms with van der Waals surface area (Å²) in [5.41, 5.74) is 3.05. The molecule has 6 heteroatoms. The first-order chi connectivity index (χ1) is 10.2. The van der Waals surface area contributed by atoms with Crippen molar-refractivity contribution >= 4 is 22.6 Å². The Balaban J connectivity index is 2.14. The molecule has 5 nitrogen and oxygen atoms in total. The normalized spacial score (nSPS) is 11.2. The highest BCUT2D eigenvalue weighted by atomic mass is 35.5.